The fourth-order valence-electron chi connectivity index (χ4n) is 6.45. The zero-order chi connectivity index (χ0) is 29.2. The first kappa shape index (κ1) is 31.3. The Balaban J connectivity index is 1.30. The number of para-hydroxylation sites is 1. The van der Waals surface area contributed by atoms with Gasteiger partial charge in [-0.2, -0.15) is 0 Å². The van der Waals surface area contributed by atoms with Crippen LogP contribution in [0.3, 0.4) is 0 Å². The van der Waals surface area contributed by atoms with Crippen molar-refractivity contribution in [3.05, 3.63) is 82.6 Å². The Morgan fingerprint density at radius 2 is 1.56 bits per heavy atom. The third-order valence-corrected chi connectivity index (χ3v) is 8.52. The first-order valence-corrected chi connectivity index (χ1v) is 15.6. The minimum atomic E-state index is -2.59. The van der Waals surface area contributed by atoms with Gasteiger partial charge >= 0.3 is 0 Å². The molecule has 1 aliphatic rings. The number of H-pyrrole nitrogens is 1. The summed E-state index contributed by atoms with van der Waals surface area (Å²) in [5.74, 6) is -1.32. The van der Waals surface area contributed by atoms with Gasteiger partial charge in [-0.3, -0.25) is 4.90 Å². The standard InChI is InChI=1S/C35H46F4N2/c1-3-15-25(2)16-11-9-7-5-4-6-8-10-12-17-26-22-29(36)33(30(37)23-26)35-34-28(20-21-41(35)24-32(38)39)27-18-13-14-19-31(27)40-34/h13-14,18-19,22-23,32,35,40H,2-12,15-17,20-21,24H2,1H3. The molecule has 41 heavy (non-hydrogen) atoms. The van der Waals surface area contributed by atoms with Crippen molar-refractivity contribution in [3.8, 4) is 0 Å². The largest absolute Gasteiger partial charge is 0.357 e. The molecule has 0 fully saturated rings. The number of benzene rings is 2. The van der Waals surface area contributed by atoms with Crippen LogP contribution in [0.25, 0.3) is 10.9 Å². The second-order valence-electron chi connectivity index (χ2n) is 11.8. The quantitative estimate of drug-likeness (QED) is 0.0972. The van der Waals surface area contributed by atoms with Crippen LogP contribution >= 0.6 is 0 Å². The third-order valence-electron chi connectivity index (χ3n) is 8.52. The summed E-state index contributed by atoms with van der Waals surface area (Å²) in [6, 6.07) is 9.58. The van der Waals surface area contributed by atoms with E-state index in [0.29, 0.717) is 30.6 Å². The maximum Gasteiger partial charge on any atom is 0.251 e. The van der Waals surface area contributed by atoms with E-state index in [1.54, 1.807) is 0 Å². The molecule has 2 nitrogen and oxygen atoms in total. The Bertz CT molecular complexity index is 1240. The van der Waals surface area contributed by atoms with Crippen molar-refractivity contribution in [2.75, 3.05) is 13.1 Å². The molecule has 0 aliphatic carbocycles. The predicted molar refractivity (Wildman–Crippen MR) is 162 cm³/mol. The Morgan fingerprint density at radius 3 is 2.22 bits per heavy atom. The lowest BCUT2D eigenvalue weighted by Crippen LogP contribution is -2.40. The summed E-state index contributed by atoms with van der Waals surface area (Å²) in [6.45, 7) is 6.12. The molecule has 0 saturated heterocycles. The van der Waals surface area contributed by atoms with Gasteiger partial charge in [0.05, 0.1) is 12.6 Å². The summed E-state index contributed by atoms with van der Waals surface area (Å²) in [6.07, 6.45) is 12.6. The number of hydrogen-bond donors (Lipinski definition) is 1. The molecule has 2 heterocycles. The molecule has 0 amide bonds. The molecule has 3 aromatic rings. The molecule has 1 aromatic heterocycles. The summed E-state index contributed by atoms with van der Waals surface area (Å²) in [5, 5.41) is 0.982. The second kappa shape index (κ2) is 15.6. The summed E-state index contributed by atoms with van der Waals surface area (Å²) < 4.78 is 58.1. The SMILES string of the molecule is C=C(CCC)CCCCCCCCCCCc1cc(F)c(C2c3[nH]c4ccccc4c3CCN2CC(F)F)c(F)c1. The highest BCUT2D eigenvalue weighted by Gasteiger charge is 2.36. The average Bonchev–Trinajstić information content (AvgIpc) is 3.31. The van der Waals surface area contributed by atoms with E-state index >= 15 is 8.78 Å². The van der Waals surface area contributed by atoms with Crippen LogP contribution in [0.2, 0.25) is 0 Å². The first-order valence-electron chi connectivity index (χ1n) is 15.6. The average molecular weight is 571 g/mol. The van der Waals surface area contributed by atoms with Gasteiger partial charge in [0, 0.05) is 28.7 Å². The highest BCUT2D eigenvalue weighted by atomic mass is 19.3. The molecule has 0 radical (unpaired) electrons. The maximum atomic E-state index is 15.6. The molecule has 0 saturated carbocycles. The van der Waals surface area contributed by atoms with E-state index in [2.05, 4.69) is 18.5 Å². The number of aromatic amines is 1. The smallest absolute Gasteiger partial charge is 0.251 e. The second-order valence-corrected chi connectivity index (χ2v) is 11.8. The van der Waals surface area contributed by atoms with Gasteiger partial charge in [0.1, 0.15) is 11.6 Å². The zero-order valence-corrected chi connectivity index (χ0v) is 24.6. The fourth-order valence-corrected chi connectivity index (χ4v) is 6.45. The number of unbranched alkanes of at least 4 members (excludes halogenated alkanes) is 8. The van der Waals surface area contributed by atoms with E-state index < -0.39 is 30.6 Å². The van der Waals surface area contributed by atoms with Crippen molar-refractivity contribution >= 4 is 10.9 Å². The lowest BCUT2D eigenvalue weighted by atomic mass is 9.90. The number of aryl methyl sites for hydroxylation is 1. The van der Waals surface area contributed by atoms with Crippen molar-refractivity contribution in [1.82, 2.24) is 9.88 Å². The number of fused-ring (bicyclic) bond motifs is 3. The van der Waals surface area contributed by atoms with Gasteiger partial charge in [-0.15, -0.1) is 0 Å². The van der Waals surface area contributed by atoms with Gasteiger partial charge < -0.3 is 4.98 Å². The molecule has 6 heteroatoms. The number of nitrogens with zero attached hydrogens (tertiary/aromatic N) is 1. The Kier molecular flexibility index (Phi) is 11.9. The lowest BCUT2D eigenvalue weighted by molar-refractivity contribution is 0.0679. The number of halogens is 4. The van der Waals surface area contributed by atoms with Crippen LogP contribution < -0.4 is 0 Å². The molecule has 1 aliphatic heterocycles. The van der Waals surface area contributed by atoms with Gasteiger partial charge in [0.2, 0.25) is 0 Å². The minimum absolute atomic E-state index is 0.142. The summed E-state index contributed by atoms with van der Waals surface area (Å²) in [5.41, 5.74) is 4.29. The van der Waals surface area contributed by atoms with Gasteiger partial charge in [-0.25, -0.2) is 17.6 Å². The molecule has 0 bridgehead atoms. The van der Waals surface area contributed by atoms with Gasteiger partial charge in [-0.1, -0.05) is 88.6 Å². The molecular formula is C35H46F4N2. The van der Waals surface area contributed by atoms with Gasteiger partial charge in [0.25, 0.3) is 6.43 Å². The highest BCUT2D eigenvalue weighted by Crippen LogP contribution is 2.40. The fraction of sp³-hybridized carbons (Fsp3) is 0.543. The lowest BCUT2D eigenvalue weighted by Gasteiger charge is -2.36. The normalized spacial score (nSPS) is 15.6. The van der Waals surface area contributed by atoms with Crippen molar-refractivity contribution < 1.29 is 17.6 Å². The van der Waals surface area contributed by atoms with E-state index in [-0.39, 0.29) is 5.56 Å². The van der Waals surface area contributed by atoms with Crippen LogP contribution in [0, 0.1) is 11.6 Å². The minimum Gasteiger partial charge on any atom is -0.357 e. The molecule has 1 N–H and O–H groups in total. The van der Waals surface area contributed by atoms with E-state index in [1.165, 1.54) is 67.6 Å². The van der Waals surface area contributed by atoms with Crippen LogP contribution in [-0.2, 0) is 12.8 Å². The molecular weight excluding hydrogens is 524 g/mol. The summed E-state index contributed by atoms with van der Waals surface area (Å²) in [7, 11) is 0. The van der Waals surface area contributed by atoms with E-state index in [1.807, 2.05) is 24.3 Å². The number of nitrogens with one attached hydrogen (secondary N) is 1. The van der Waals surface area contributed by atoms with Crippen molar-refractivity contribution in [3.63, 3.8) is 0 Å². The Labute approximate surface area is 243 Å². The molecule has 4 rings (SSSR count). The monoisotopic (exact) mass is 570 g/mol. The van der Waals surface area contributed by atoms with Crippen molar-refractivity contribution in [2.45, 2.75) is 109 Å². The molecule has 224 valence electrons. The van der Waals surface area contributed by atoms with Crippen LogP contribution in [0.5, 0.6) is 0 Å². The first-order chi connectivity index (χ1) is 19.9. The summed E-state index contributed by atoms with van der Waals surface area (Å²) >= 11 is 0. The van der Waals surface area contributed by atoms with Crippen molar-refractivity contribution in [1.29, 1.82) is 0 Å². The molecule has 1 unspecified atom stereocenters. The van der Waals surface area contributed by atoms with Gasteiger partial charge in [0.15, 0.2) is 0 Å². The number of rotatable bonds is 17. The Morgan fingerprint density at radius 1 is 0.927 bits per heavy atom. The Hall–Kier alpha value is -2.60. The van der Waals surface area contributed by atoms with E-state index in [0.717, 1.165) is 48.6 Å². The van der Waals surface area contributed by atoms with Crippen LogP contribution in [0.1, 0.15) is 112 Å². The van der Waals surface area contributed by atoms with Crippen LogP contribution in [0.4, 0.5) is 17.6 Å². The number of aromatic nitrogens is 1. The predicted octanol–water partition coefficient (Wildman–Crippen LogP) is 10.5. The maximum absolute atomic E-state index is 15.6. The van der Waals surface area contributed by atoms with Crippen molar-refractivity contribution in [2.24, 2.45) is 0 Å². The van der Waals surface area contributed by atoms with Crippen LogP contribution in [0.15, 0.2) is 48.6 Å². The topological polar surface area (TPSA) is 19.0 Å². The van der Waals surface area contributed by atoms with E-state index in [4.69, 9.17) is 0 Å². The molecule has 2 aromatic carbocycles. The molecule has 1 atom stereocenters. The number of hydrogen-bond acceptors (Lipinski definition) is 1. The summed E-state index contributed by atoms with van der Waals surface area (Å²) in [4.78, 5) is 4.80. The van der Waals surface area contributed by atoms with Gasteiger partial charge in [-0.05, 0) is 67.9 Å². The number of alkyl halides is 2. The third kappa shape index (κ3) is 8.47. The van der Waals surface area contributed by atoms with Crippen LogP contribution in [-0.4, -0.2) is 29.4 Å². The van der Waals surface area contributed by atoms with E-state index in [9.17, 15) is 8.78 Å². The number of allylic oxidation sites excluding steroid dienone is 1. The highest BCUT2D eigenvalue weighted by molar-refractivity contribution is 5.85. The molecule has 0 spiro atoms. The zero-order valence-electron chi connectivity index (χ0n) is 24.6.